The number of amides is 1. The van der Waals surface area contributed by atoms with Gasteiger partial charge < -0.3 is 20.5 Å². The molecular weight excluding hydrogens is 455 g/mol. The number of carbonyl (C=O) groups is 1. The van der Waals surface area contributed by atoms with Crippen LogP contribution in [0.5, 0.6) is 0 Å². The standard InChI is InChI=1S/C19H28N6O.HI/c1-19(2,3)24-17(26)12-23-18(20-4)22-11-15-6-5-7-16(10-15)13-25-9-8-21-14-25;/h5-10,14H,11-13H2,1-4H3,(H,24,26)(H2,20,22,23);1H. The van der Waals surface area contributed by atoms with Gasteiger partial charge in [0, 0.05) is 38.1 Å². The largest absolute Gasteiger partial charge is 0.352 e. The lowest BCUT2D eigenvalue weighted by atomic mass is 10.1. The summed E-state index contributed by atoms with van der Waals surface area (Å²) in [5.74, 6) is 0.525. The first kappa shape index (κ1) is 22.9. The van der Waals surface area contributed by atoms with E-state index < -0.39 is 0 Å². The van der Waals surface area contributed by atoms with Crippen molar-refractivity contribution in [2.24, 2.45) is 4.99 Å². The van der Waals surface area contributed by atoms with Crippen molar-refractivity contribution < 1.29 is 4.79 Å². The number of carbonyl (C=O) groups excluding carboxylic acids is 1. The van der Waals surface area contributed by atoms with Gasteiger partial charge in [0.05, 0.1) is 12.9 Å². The Labute approximate surface area is 178 Å². The van der Waals surface area contributed by atoms with Crippen LogP contribution in [0.25, 0.3) is 0 Å². The van der Waals surface area contributed by atoms with Crippen molar-refractivity contribution in [3.8, 4) is 0 Å². The molecule has 3 N–H and O–H groups in total. The third-order valence-corrected chi connectivity index (χ3v) is 3.53. The van der Waals surface area contributed by atoms with Gasteiger partial charge in [-0.3, -0.25) is 9.79 Å². The third kappa shape index (κ3) is 8.89. The van der Waals surface area contributed by atoms with Gasteiger partial charge in [0.2, 0.25) is 5.91 Å². The summed E-state index contributed by atoms with van der Waals surface area (Å²) in [5, 5.41) is 9.17. The Kier molecular flexibility index (Phi) is 9.27. The molecule has 1 aromatic carbocycles. The number of halogens is 1. The van der Waals surface area contributed by atoms with Crippen molar-refractivity contribution in [1.29, 1.82) is 0 Å². The molecule has 0 aliphatic rings. The minimum absolute atomic E-state index is 0. The Bertz CT molecular complexity index is 737. The number of nitrogens with zero attached hydrogens (tertiary/aromatic N) is 3. The highest BCUT2D eigenvalue weighted by atomic mass is 127. The molecule has 1 amide bonds. The summed E-state index contributed by atoms with van der Waals surface area (Å²) in [6.07, 6.45) is 5.52. The Balaban J connectivity index is 0.00000364. The highest BCUT2D eigenvalue weighted by molar-refractivity contribution is 14.0. The van der Waals surface area contributed by atoms with Crippen LogP contribution >= 0.6 is 24.0 Å². The lowest BCUT2D eigenvalue weighted by molar-refractivity contribution is -0.121. The number of aromatic nitrogens is 2. The van der Waals surface area contributed by atoms with E-state index in [0.29, 0.717) is 12.5 Å². The lowest BCUT2D eigenvalue weighted by Crippen LogP contribution is -2.48. The minimum atomic E-state index is -0.245. The second-order valence-electron chi connectivity index (χ2n) is 7.13. The van der Waals surface area contributed by atoms with E-state index in [1.165, 1.54) is 5.56 Å². The van der Waals surface area contributed by atoms with E-state index in [1.807, 2.05) is 37.6 Å². The van der Waals surface area contributed by atoms with Gasteiger partial charge in [0.25, 0.3) is 0 Å². The number of hydrogen-bond acceptors (Lipinski definition) is 3. The average Bonchev–Trinajstić information content (AvgIpc) is 3.07. The van der Waals surface area contributed by atoms with Gasteiger partial charge in [-0.05, 0) is 31.9 Å². The molecule has 7 nitrogen and oxygen atoms in total. The van der Waals surface area contributed by atoms with Gasteiger partial charge >= 0.3 is 0 Å². The van der Waals surface area contributed by atoms with Crippen LogP contribution in [0, 0.1) is 0 Å². The summed E-state index contributed by atoms with van der Waals surface area (Å²) < 4.78 is 2.03. The van der Waals surface area contributed by atoms with Crippen LogP contribution in [-0.4, -0.2) is 40.5 Å². The average molecular weight is 484 g/mol. The Morgan fingerprint density at radius 2 is 1.96 bits per heavy atom. The van der Waals surface area contributed by atoms with Crippen molar-refractivity contribution in [3.63, 3.8) is 0 Å². The van der Waals surface area contributed by atoms with E-state index >= 15 is 0 Å². The quantitative estimate of drug-likeness (QED) is 0.333. The molecule has 2 rings (SSSR count). The molecule has 0 aliphatic heterocycles. The first-order valence-corrected chi connectivity index (χ1v) is 8.65. The zero-order valence-corrected chi connectivity index (χ0v) is 18.7. The fourth-order valence-corrected chi connectivity index (χ4v) is 2.46. The molecule has 1 aromatic heterocycles. The molecule has 0 unspecified atom stereocenters. The molecule has 0 fully saturated rings. The zero-order chi connectivity index (χ0) is 19.0. The summed E-state index contributed by atoms with van der Waals surface area (Å²) >= 11 is 0. The van der Waals surface area contributed by atoms with E-state index in [-0.39, 0.29) is 42.0 Å². The molecule has 1 heterocycles. The van der Waals surface area contributed by atoms with Crippen molar-refractivity contribution in [2.45, 2.75) is 39.4 Å². The third-order valence-electron chi connectivity index (χ3n) is 3.53. The normalized spacial score (nSPS) is 11.5. The topological polar surface area (TPSA) is 83.3 Å². The zero-order valence-electron chi connectivity index (χ0n) is 16.3. The Morgan fingerprint density at radius 1 is 1.22 bits per heavy atom. The van der Waals surface area contributed by atoms with Crippen molar-refractivity contribution in [2.75, 3.05) is 13.6 Å². The number of nitrogens with one attached hydrogen (secondary N) is 3. The van der Waals surface area contributed by atoms with Crippen LogP contribution in [0.15, 0.2) is 48.0 Å². The molecule has 2 aromatic rings. The lowest BCUT2D eigenvalue weighted by Gasteiger charge is -2.21. The first-order chi connectivity index (χ1) is 12.4. The molecule has 8 heteroatoms. The monoisotopic (exact) mass is 484 g/mol. The van der Waals surface area contributed by atoms with Crippen LogP contribution in [-0.2, 0) is 17.9 Å². The van der Waals surface area contributed by atoms with Crippen LogP contribution < -0.4 is 16.0 Å². The molecule has 0 saturated heterocycles. The number of imidazole rings is 1. The number of hydrogen-bond donors (Lipinski definition) is 3. The summed E-state index contributed by atoms with van der Waals surface area (Å²) in [6, 6.07) is 8.33. The minimum Gasteiger partial charge on any atom is -0.352 e. The number of guanidine groups is 1. The van der Waals surface area contributed by atoms with E-state index in [2.05, 4.69) is 44.1 Å². The van der Waals surface area contributed by atoms with Gasteiger partial charge in [-0.15, -0.1) is 24.0 Å². The molecule has 0 saturated carbocycles. The predicted octanol–water partition coefficient (Wildman–Crippen LogP) is 2.13. The van der Waals surface area contributed by atoms with E-state index in [4.69, 9.17) is 0 Å². The van der Waals surface area contributed by atoms with Gasteiger partial charge in [-0.2, -0.15) is 0 Å². The predicted molar refractivity (Wildman–Crippen MR) is 119 cm³/mol. The number of rotatable bonds is 6. The molecule has 0 spiro atoms. The van der Waals surface area contributed by atoms with Crippen LogP contribution in [0.4, 0.5) is 0 Å². The summed E-state index contributed by atoms with van der Waals surface area (Å²) in [6.45, 7) is 7.45. The maximum absolute atomic E-state index is 11.9. The van der Waals surface area contributed by atoms with Gasteiger partial charge in [0.1, 0.15) is 0 Å². The van der Waals surface area contributed by atoms with E-state index in [1.54, 1.807) is 19.6 Å². The molecule has 0 radical (unpaired) electrons. The Hall–Kier alpha value is -2.10. The molecule has 27 heavy (non-hydrogen) atoms. The maximum Gasteiger partial charge on any atom is 0.239 e. The summed E-state index contributed by atoms with van der Waals surface area (Å²) in [5.41, 5.74) is 2.10. The fraction of sp³-hybridized carbons (Fsp3) is 0.421. The fourth-order valence-electron chi connectivity index (χ4n) is 2.46. The molecular formula is C19H29IN6O. The maximum atomic E-state index is 11.9. The number of benzene rings is 1. The van der Waals surface area contributed by atoms with Crippen LogP contribution in [0.3, 0.4) is 0 Å². The van der Waals surface area contributed by atoms with Crippen LogP contribution in [0.1, 0.15) is 31.9 Å². The SMILES string of the molecule is CN=C(NCC(=O)NC(C)(C)C)NCc1cccc(Cn2ccnc2)c1.I. The smallest absolute Gasteiger partial charge is 0.239 e. The van der Waals surface area contributed by atoms with Gasteiger partial charge in [-0.25, -0.2) is 4.98 Å². The van der Waals surface area contributed by atoms with Gasteiger partial charge in [-0.1, -0.05) is 24.3 Å². The number of aliphatic imine (C=N–C) groups is 1. The van der Waals surface area contributed by atoms with Crippen molar-refractivity contribution in [1.82, 2.24) is 25.5 Å². The molecule has 0 atom stereocenters. The van der Waals surface area contributed by atoms with Crippen molar-refractivity contribution >= 4 is 35.8 Å². The van der Waals surface area contributed by atoms with Crippen LogP contribution in [0.2, 0.25) is 0 Å². The van der Waals surface area contributed by atoms with Gasteiger partial charge in [0.15, 0.2) is 5.96 Å². The summed E-state index contributed by atoms with van der Waals surface area (Å²) in [7, 11) is 1.69. The Morgan fingerprint density at radius 3 is 2.59 bits per heavy atom. The molecule has 0 bridgehead atoms. The van der Waals surface area contributed by atoms with E-state index in [0.717, 1.165) is 12.1 Å². The van der Waals surface area contributed by atoms with E-state index in [9.17, 15) is 4.79 Å². The second kappa shape index (κ2) is 10.9. The van der Waals surface area contributed by atoms with Crippen molar-refractivity contribution in [3.05, 3.63) is 54.1 Å². The molecule has 148 valence electrons. The second-order valence-corrected chi connectivity index (χ2v) is 7.13. The summed E-state index contributed by atoms with van der Waals surface area (Å²) in [4.78, 5) is 20.1. The molecule has 0 aliphatic carbocycles. The highest BCUT2D eigenvalue weighted by Crippen LogP contribution is 2.07. The highest BCUT2D eigenvalue weighted by Gasteiger charge is 2.13. The first-order valence-electron chi connectivity index (χ1n) is 8.65.